The molecule has 1 nitrogen and oxygen atoms in total. The molecule has 0 saturated carbocycles. The van der Waals surface area contributed by atoms with Crippen molar-refractivity contribution in [2.45, 2.75) is 18.2 Å². The minimum atomic E-state index is 0.00399. The fourth-order valence-corrected chi connectivity index (χ4v) is 3.32. The van der Waals surface area contributed by atoms with Crippen LogP contribution in [-0.2, 0) is 6.42 Å². The topological polar surface area (TPSA) is 9.23 Å². The van der Waals surface area contributed by atoms with Gasteiger partial charge in [-0.2, -0.15) is 0 Å². The number of hydrogen-bond acceptors (Lipinski definition) is 1. The summed E-state index contributed by atoms with van der Waals surface area (Å²) in [6.07, 6.45) is 1.03. The van der Waals surface area contributed by atoms with Crippen molar-refractivity contribution in [3.63, 3.8) is 0 Å². The van der Waals surface area contributed by atoms with Crippen molar-refractivity contribution >= 4 is 39.1 Å². The number of hydrogen-bond donors (Lipinski definition) is 0. The van der Waals surface area contributed by atoms with Gasteiger partial charge in [-0.25, -0.2) is 0 Å². The van der Waals surface area contributed by atoms with Crippen LogP contribution >= 0.6 is 39.1 Å². The molecule has 0 aliphatic heterocycles. The maximum absolute atomic E-state index is 6.31. The highest BCUT2D eigenvalue weighted by Crippen LogP contribution is 2.40. The van der Waals surface area contributed by atoms with Gasteiger partial charge < -0.3 is 4.74 Å². The monoisotopic (exact) mass is 372 g/mol. The lowest BCUT2D eigenvalue weighted by Crippen LogP contribution is -1.96. The van der Waals surface area contributed by atoms with Gasteiger partial charge in [0.25, 0.3) is 0 Å². The molecule has 0 amide bonds. The summed E-state index contributed by atoms with van der Waals surface area (Å²) in [5, 5.41) is 1.19. The Morgan fingerprint density at radius 2 is 1.75 bits per heavy atom. The van der Waals surface area contributed by atoms with E-state index in [0.717, 1.165) is 17.5 Å². The summed E-state index contributed by atoms with van der Waals surface area (Å²) in [6.45, 7) is 2.14. The molecule has 1 atom stereocenters. The maximum atomic E-state index is 6.31. The summed E-state index contributed by atoms with van der Waals surface area (Å²) in [6, 6.07) is 12.1. The zero-order chi connectivity index (χ0) is 14.7. The molecule has 2 rings (SSSR count). The Kier molecular flexibility index (Phi) is 5.36. The molecule has 0 aromatic heterocycles. The predicted octanol–water partition coefficient (Wildman–Crippen LogP) is 6.05. The molecule has 0 fully saturated rings. The minimum absolute atomic E-state index is 0.00399. The van der Waals surface area contributed by atoms with Crippen LogP contribution in [0.1, 0.15) is 28.4 Å². The Morgan fingerprint density at radius 1 is 1.10 bits per heavy atom. The lowest BCUT2D eigenvalue weighted by atomic mass is 10.0. The molecule has 0 radical (unpaired) electrons. The summed E-state index contributed by atoms with van der Waals surface area (Å²) in [5.74, 6) is 0.585. The molecule has 0 aliphatic rings. The van der Waals surface area contributed by atoms with Crippen LogP contribution in [-0.4, -0.2) is 7.11 Å². The molecule has 2 aromatic carbocycles. The molecular weight excluding hydrogens is 359 g/mol. The van der Waals surface area contributed by atoms with E-state index in [9.17, 15) is 0 Å². The lowest BCUT2D eigenvalue weighted by Gasteiger charge is -2.15. The van der Waals surface area contributed by atoms with Crippen LogP contribution in [0.5, 0.6) is 5.75 Å². The number of rotatable bonds is 4. The number of alkyl halides is 1. The van der Waals surface area contributed by atoms with Crippen molar-refractivity contribution in [1.82, 2.24) is 0 Å². The second kappa shape index (κ2) is 6.84. The van der Waals surface area contributed by atoms with E-state index in [0.29, 0.717) is 15.8 Å². The highest BCUT2D eigenvalue weighted by Gasteiger charge is 2.16. The van der Waals surface area contributed by atoms with Crippen LogP contribution in [0.3, 0.4) is 0 Å². The van der Waals surface area contributed by atoms with Crippen molar-refractivity contribution in [1.29, 1.82) is 0 Å². The second-order valence-electron chi connectivity index (χ2n) is 4.47. The zero-order valence-corrected chi connectivity index (χ0v) is 14.4. The summed E-state index contributed by atoms with van der Waals surface area (Å²) in [5.41, 5.74) is 3.39. The highest BCUT2D eigenvalue weighted by atomic mass is 79.9. The Balaban J connectivity index is 2.36. The van der Waals surface area contributed by atoms with Crippen LogP contribution in [0.4, 0.5) is 0 Å². The molecular formula is C16H15BrCl2O. The Morgan fingerprint density at radius 3 is 2.30 bits per heavy atom. The number of halogens is 3. The third-order valence-electron chi connectivity index (χ3n) is 3.22. The summed E-state index contributed by atoms with van der Waals surface area (Å²) < 4.78 is 5.16. The molecule has 0 N–H and O–H groups in total. The van der Waals surface area contributed by atoms with Gasteiger partial charge in [-0.3, -0.25) is 0 Å². The first-order chi connectivity index (χ1) is 9.56. The van der Waals surface area contributed by atoms with E-state index >= 15 is 0 Å². The SMILES string of the molecule is CCc1ccc(C(Br)c2cc(Cl)c(OC)cc2Cl)cc1. The molecule has 2 aromatic rings. The van der Waals surface area contributed by atoms with E-state index in [2.05, 4.69) is 47.1 Å². The molecule has 1 unspecified atom stereocenters. The van der Waals surface area contributed by atoms with Crippen LogP contribution < -0.4 is 4.74 Å². The predicted molar refractivity (Wildman–Crippen MR) is 89.6 cm³/mol. The second-order valence-corrected chi connectivity index (χ2v) is 6.20. The third-order valence-corrected chi connectivity index (χ3v) is 4.87. The van der Waals surface area contributed by atoms with Gasteiger partial charge in [-0.1, -0.05) is 70.3 Å². The van der Waals surface area contributed by atoms with Crippen molar-refractivity contribution in [2.24, 2.45) is 0 Å². The molecule has 0 aliphatic carbocycles. The van der Waals surface area contributed by atoms with Crippen molar-refractivity contribution < 1.29 is 4.74 Å². The summed E-state index contributed by atoms with van der Waals surface area (Å²) >= 11 is 16.2. The first kappa shape index (κ1) is 15.7. The van der Waals surface area contributed by atoms with Gasteiger partial charge >= 0.3 is 0 Å². The average Bonchev–Trinajstić information content (AvgIpc) is 2.48. The van der Waals surface area contributed by atoms with E-state index < -0.39 is 0 Å². The van der Waals surface area contributed by atoms with E-state index in [-0.39, 0.29) is 4.83 Å². The van der Waals surface area contributed by atoms with Crippen molar-refractivity contribution in [2.75, 3.05) is 7.11 Å². The van der Waals surface area contributed by atoms with Crippen molar-refractivity contribution in [3.8, 4) is 5.75 Å². The molecule has 0 spiro atoms. The smallest absolute Gasteiger partial charge is 0.138 e. The van der Waals surface area contributed by atoms with Gasteiger partial charge in [0, 0.05) is 11.1 Å². The van der Waals surface area contributed by atoms with E-state index in [1.165, 1.54) is 5.56 Å². The summed E-state index contributed by atoms with van der Waals surface area (Å²) in [7, 11) is 1.58. The molecule has 0 bridgehead atoms. The zero-order valence-electron chi connectivity index (χ0n) is 11.3. The number of ether oxygens (including phenoxy) is 1. The Labute approximate surface area is 138 Å². The minimum Gasteiger partial charge on any atom is -0.495 e. The van der Waals surface area contributed by atoms with Gasteiger partial charge in [0.2, 0.25) is 0 Å². The van der Waals surface area contributed by atoms with E-state index in [1.807, 2.05) is 6.07 Å². The standard InChI is InChI=1S/C16H15BrCl2O/c1-3-10-4-6-11(7-5-10)16(17)12-8-14(19)15(20-2)9-13(12)18/h4-9,16H,3H2,1-2H3. The Hall–Kier alpha value is -0.700. The quantitative estimate of drug-likeness (QED) is 0.592. The van der Waals surface area contributed by atoms with E-state index in [4.69, 9.17) is 27.9 Å². The van der Waals surface area contributed by atoms with Gasteiger partial charge in [-0.05, 0) is 29.2 Å². The third kappa shape index (κ3) is 3.30. The number of benzene rings is 2. The first-order valence-electron chi connectivity index (χ1n) is 6.32. The Bertz CT molecular complexity index is 596. The van der Waals surface area contributed by atoms with Gasteiger partial charge in [0.05, 0.1) is 17.0 Å². The fourth-order valence-electron chi connectivity index (χ4n) is 2.00. The van der Waals surface area contributed by atoms with Crippen LogP contribution in [0.2, 0.25) is 10.0 Å². The first-order valence-corrected chi connectivity index (χ1v) is 7.99. The average molecular weight is 374 g/mol. The molecule has 0 saturated heterocycles. The van der Waals surface area contributed by atoms with Crippen LogP contribution in [0.25, 0.3) is 0 Å². The highest BCUT2D eigenvalue weighted by molar-refractivity contribution is 9.09. The van der Waals surface area contributed by atoms with Crippen molar-refractivity contribution in [3.05, 3.63) is 63.1 Å². The number of aryl methyl sites for hydroxylation is 1. The lowest BCUT2D eigenvalue weighted by molar-refractivity contribution is 0.415. The van der Waals surface area contributed by atoms with Crippen LogP contribution in [0, 0.1) is 0 Å². The summed E-state index contributed by atoms with van der Waals surface area (Å²) in [4.78, 5) is 0.00399. The normalized spacial score (nSPS) is 12.2. The fraction of sp³-hybridized carbons (Fsp3) is 0.250. The molecule has 4 heteroatoms. The van der Waals surface area contributed by atoms with Gasteiger partial charge in [0.15, 0.2) is 0 Å². The van der Waals surface area contributed by atoms with E-state index in [1.54, 1.807) is 13.2 Å². The van der Waals surface area contributed by atoms with Crippen LogP contribution in [0.15, 0.2) is 36.4 Å². The molecule has 20 heavy (non-hydrogen) atoms. The number of methoxy groups -OCH3 is 1. The van der Waals surface area contributed by atoms with Gasteiger partial charge in [0.1, 0.15) is 5.75 Å². The van der Waals surface area contributed by atoms with Gasteiger partial charge in [-0.15, -0.1) is 0 Å². The largest absolute Gasteiger partial charge is 0.495 e. The maximum Gasteiger partial charge on any atom is 0.138 e. The molecule has 0 heterocycles. The molecule has 106 valence electrons.